The summed E-state index contributed by atoms with van der Waals surface area (Å²) in [5.74, 6) is 0. The van der Waals surface area contributed by atoms with Crippen molar-refractivity contribution in [1.29, 1.82) is 0 Å². The van der Waals surface area contributed by atoms with Gasteiger partial charge in [0.15, 0.2) is 0 Å². The topological polar surface area (TPSA) is 41.3 Å². The number of aliphatic hydroxyl groups is 1. The van der Waals surface area contributed by atoms with Gasteiger partial charge in [-0.2, -0.15) is 0 Å². The van der Waals surface area contributed by atoms with Gasteiger partial charge in [-0.25, -0.2) is 4.98 Å². The van der Waals surface area contributed by atoms with Crippen molar-refractivity contribution in [3.63, 3.8) is 0 Å². The quantitative estimate of drug-likeness (QED) is 0.906. The Kier molecular flexibility index (Phi) is 3.12. The van der Waals surface area contributed by atoms with Crippen LogP contribution in [0.5, 0.6) is 0 Å². The first-order chi connectivity index (χ1) is 9.16. The van der Waals surface area contributed by atoms with Crippen molar-refractivity contribution in [3.8, 4) is 0 Å². The molecule has 0 saturated carbocycles. The molecule has 100 valence electrons. The maximum absolute atomic E-state index is 10.7. The van der Waals surface area contributed by atoms with E-state index in [0.717, 1.165) is 25.2 Å². The number of hydrogen-bond acceptors (Lipinski definition) is 3. The van der Waals surface area contributed by atoms with Gasteiger partial charge in [0, 0.05) is 32.9 Å². The molecule has 0 spiro atoms. The van der Waals surface area contributed by atoms with Crippen LogP contribution in [0.2, 0.25) is 0 Å². The van der Waals surface area contributed by atoms with Crippen LogP contribution in [0.15, 0.2) is 42.9 Å². The molecule has 2 heterocycles. The zero-order valence-electron chi connectivity index (χ0n) is 11.2. The zero-order valence-corrected chi connectivity index (χ0v) is 11.2. The van der Waals surface area contributed by atoms with Gasteiger partial charge in [0.25, 0.3) is 0 Å². The molecule has 1 atom stereocenters. The first-order valence-electron chi connectivity index (χ1n) is 6.63. The molecule has 1 fully saturated rings. The number of aryl methyl sites for hydroxylation is 1. The van der Waals surface area contributed by atoms with Crippen LogP contribution in [0.1, 0.15) is 17.7 Å². The Morgan fingerprint density at radius 3 is 2.79 bits per heavy atom. The number of likely N-dealkylation sites (tertiary alicyclic amines) is 1. The van der Waals surface area contributed by atoms with Gasteiger partial charge in [0.2, 0.25) is 0 Å². The van der Waals surface area contributed by atoms with Crippen molar-refractivity contribution >= 4 is 0 Å². The lowest BCUT2D eigenvalue weighted by atomic mass is 10.00. The van der Waals surface area contributed by atoms with E-state index in [2.05, 4.69) is 34.1 Å². The van der Waals surface area contributed by atoms with Crippen molar-refractivity contribution < 1.29 is 5.11 Å². The van der Waals surface area contributed by atoms with Crippen LogP contribution >= 0.6 is 0 Å². The molecule has 0 bridgehead atoms. The van der Waals surface area contributed by atoms with Crippen LogP contribution in [0.3, 0.4) is 0 Å². The fraction of sp³-hybridized carbons (Fsp3) is 0.400. The molecule has 1 unspecified atom stereocenters. The summed E-state index contributed by atoms with van der Waals surface area (Å²) in [4.78, 5) is 6.58. The Morgan fingerprint density at radius 2 is 2.11 bits per heavy atom. The number of benzene rings is 1. The Bertz CT molecular complexity index is 552. The minimum Gasteiger partial charge on any atom is -0.382 e. The number of β-amino-alcohol motifs (C(OH)–C–C–N with tert-alkyl or cyclic N) is 1. The van der Waals surface area contributed by atoms with E-state index in [4.69, 9.17) is 0 Å². The maximum Gasteiger partial charge on any atom is 0.122 e. The maximum atomic E-state index is 10.7. The molecule has 1 aliphatic rings. The highest BCUT2D eigenvalue weighted by molar-refractivity contribution is 5.17. The summed E-state index contributed by atoms with van der Waals surface area (Å²) in [5, 5.41) is 10.7. The van der Waals surface area contributed by atoms with Gasteiger partial charge in [-0.1, -0.05) is 30.3 Å². The van der Waals surface area contributed by atoms with Crippen LogP contribution in [0, 0.1) is 0 Å². The normalized spacial score (nSPS) is 23.9. The van der Waals surface area contributed by atoms with Gasteiger partial charge < -0.3 is 9.67 Å². The summed E-state index contributed by atoms with van der Waals surface area (Å²) in [6.07, 6.45) is 4.40. The molecule has 1 saturated heterocycles. The zero-order chi connectivity index (χ0) is 13.3. The number of hydrogen-bond donors (Lipinski definition) is 1. The summed E-state index contributed by atoms with van der Waals surface area (Å²) >= 11 is 0. The number of nitrogens with zero attached hydrogens (tertiary/aromatic N) is 3. The van der Waals surface area contributed by atoms with E-state index in [0.29, 0.717) is 6.54 Å². The van der Waals surface area contributed by atoms with E-state index in [1.807, 2.05) is 23.9 Å². The molecular weight excluding hydrogens is 238 g/mol. The third-order valence-corrected chi connectivity index (χ3v) is 3.76. The third kappa shape index (κ3) is 2.55. The smallest absolute Gasteiger partial charge is 0.122 e. The van der Waals surface area contributed by atoms with Crippen LogP contribution in [-0.4, -0.2) is 32.6 Å². The summed E-state index contributed by atoms with van der Waals surface area (Å²) in [6.45, 7) is 2.44. The molecule has 1 aliphatic heterocycles. The monoisotopic (exact) mass is 257 g/mol. The molecule has 19 heavy (non-hydrogen) atoms. The van der Waals surface area contributed by atoms with Crippen LogP contribution in [0.25, 0.3) is 0 Å². The molecule has 0 amide bonds. The molecule has 4 nitrogen and oxygen atoms in total. The summed E-state index contributed by atoms with van der Waals surface area (Å²) in [7, 11) is 1.93. The van der Waals surface area contributed by atoms with Crippen molar-refractivity contribution in [2.24, 2.45) is 7.05 Å². The number of aromatic nitrogens is 2. The molecule has 2 aromatic rings. The van der Waals surface area contributed by atoms with Gasteiger partial charge in [-0.3, -0.25) is 4.90 Å². The van der Waals surface area contributed by atoms with E-state index in [1.54, 1.807) is 6.33 Å². The minimum atomic E-state index is -0.796. The largest absolute Gasteiger partial charge is 0.382 e. The van der Waals surface area contributed by atoms with Gasteiger partial charge in [-0.05, 0) is 12.0 Å². The molecule has 1 N–H and O–H groups in total. The number of imidazole rings is 1. The predicted molar refractivity (Wildman–Crippen MR) is 73.4 cm³/mol. The second kappa shape index (κ2) is 4.79. The van der Waals surface area contributed by atoms with Crippen LogP contribution < -0.4 is 0 Å². The summed E-state index contributed by atoms with van der Waals surface area (Å²) < 4.78 is 1.88. The average molecular weight is 257 g/mol. The standard InChI is InChI=1S/C15H19N3O/c1-17-10-14(16-12-17)15(19)7-8-18(11-15)9-13-5-3-2-4-6-13/h2-6,10,12,19H,7-9,11H2,1H3. The molecule has 3 rings (SSSR count). The van der Waals surface area contributed by atoms with Crippen molar-refractivity contribution in [3.05, 3.63) is 54.1 Å². The fourth-order valence-electron chi connectivity index (χ4n) is 2.71. The second-order valence-electron chi connectivity index (χ2n) is 5.40. The van der Waals surface area contributed by atoms with Gasteiger partial charge in [-0.15, -0.1) is 0 Å². The van der Waals surface area contributed by atoms with Gasteiger partial charge in [0.05, 0.1) is 12.0 Å². The van der Waals surface area contributed by atoms with Crippen molar-refractivity contribution in [1.82, 2.24) is 14.5 Å². The first kappa shape index (κ1) is 12.4. The second-order valence-corrected chi connectivity index (χ2v) is 5.40. The van der Waals surface area contributed by atoms with E-state index in [1.165, 1.54) is 5.56 Å². The fourth-order valence-corrected chi connectivity index (χ4v) is 2.71. The lowest BCUT2D eigenvalue weighted by Crippen LogP contribution is -2.31. The minimum absolute atomic E-state index is 0.652. The summed E-state index contributed by atoms with van der Waals surface area (Å²) in [6, 6.07) is 10.4. The highest BCUT2D eigenvalue weighted by Crippen LogP contribution is 2.31. The first-order valence-corrected chi connectivity index (χ1v) is 6.63. The van der Waals surface area contributed by atoms with E-state index in [9.17, 15) is 5.11 Å². The average Bonchev–Trinajstić information content (AvgIpc) is 2.99. The predicted octanol–water partition coefficient (Wildman–Crippen LogP) is 1.51. The lowest BCUT2D eigenvalue weighted by molar-refractivity contribution is 0.0413. The Balaban J connectivity index is 1.70. The van der Waals surface area contributed by atoms with Crippen molar-refractivity contribution in [2.75, 3.05) is 13.1 Å². The molecule has 0 radical (unpaired) electrons. The molecule has 1 aromatic carbocycles. The SMILES string of the molecule is Cn1cnc(C2(O)CCN(Cc3ccccc3)C2)c1. The Morgan fingerprint density at radius 1 is 1.32 bits per heavy atom. The van der Waals surface area contributed by atoms with E-state index in [-0.39, 0.29) is 0 Å². The highest BCUT2D eigenvalue weighted by Gasteiger charge is 2.39. The molecular formula is C15H19N3O. The van der Waals surface area contributed by atoms with Crippen LogP contribution in [-0.2, 0) is 19.2 Å². The molecule has 0 aliphatic carbocycles. The Labute approximate surface area is 113 Å². The van der Waals surface area contributed by atoms with Gasteiger partial charge in [0.1, 0.15) is 5.60 Å². The highest BCUT2D eigenvalue weighted by atomic mass is 16.3. The third-order valence-electron chi connectivity index (χ3n) is 3.76. The van der Waals surface area contributed by atoms with E-state index >= 15 is 0 Å². The summed E-state index contributed by atoms with van der Waals surface area (Å²) in [5.41, 5.74) is 1.27. The van der Waals surface area contributed by atoms with E-state index < -0.39 is 5.60 Å². The molecule has 1 aromatic heterocycles. The van der Waals surface area contributed by atoms with Crippen LogP contribution in [0.4, 0.5) is 0 Å². The Hall–Kier alpha value is -1.65. The lowest BCUT2D eigenvalue weighted by Gasteiger charge is -2.21. The number of rotatable bonds is 3. The molecule has 4 heteroatoms. The van der Waals surface area contributed by atoms with Crippen molar-refractivity contribution in [2.45, 2.75) is 18.6 Å². The van der Waals surface area contributed by atoms with Gasteiger partial charge >= 0.3 is 0 Å².